The van der Waals surface area contributed by atoms with Crippen molar-refractivity contribution in [2.24, 2.45) is 4.99 Å². The Hall–Kier alpha value is -4.76. The number of aromatic nitrogens is 1. The SMILES string of the molecule is c1cncc(-c2ccc(C3N=C(c4cccc5ccccc45)c4ccc5ccccc5c4N3)cc2)c1. The van der Waals surface area contributed by atoms with Crippen LogP contribution in [0.1, 0.15) is 22.9 Å². The van der Waals surface area contributed by atoms with Crippen LogP contribution in [0.2, 0.25) is 0 Å². The van der Waals surface area contributed by atoms with Gasteiger partial charge in [-0.15, -0.1) is 0 Å². The first-order valence-electron chi connectivity index (χ1n) is 12.2. The normalized spacial score (nSPS) is 14.8. The lowest BCUT2D eigenvalue weighted by molar-refractivity contribution is 0.831. The van der Waals surface area contributed by atoms with Crippen molar-refractivity contribution in [3.63, 3.8) is 0 Å². The smallest absolute Gasteiger partial charge is 0.145 e. The third-order valence-electron chi connectivity index (χ3n) is 6.99. The maximum Gasteiger partial charge on any atom is 0.145 e. The van der Waals surface area contributed by atoms with Crippen molar-refractivity contribution in [3.05, 3.63) is 144 Å². The number of anilines is 1. The molecule has 170 valence electrons. The highest BCUT2D eigenvalue weighted by atomic mass is 15.1. The Morgan fingerprint density at radius 3 is 2.11 bits per heavy atom. The van der Waals surface area contributed by atoms with Gasteiger partial charge < -0.3 is 5.32 Å². The van der Waals surface area contributed by atoms with Crippen molar-refractivity contribution in [3.8, 4) is 11.1 Å². The fourth-order valence-electron chi connectivity index (χ4n) is 5.19. The van der Waals surface area contributed by atoms with E-state index in [4.69, 9.17) is 4.99 Å². The molecule has 0 saturated carbocycles. The van der Waals surface area contributed by atoms with Gasteiger partial charge >= 0.3 is 0 Å². The van der Waals surface area contributed by atoms with Crippen LogP contribution in [-0.2, 0) is 0 Å². The molecule has 0 radical (unpaired) electrons. The summed E-state index contributed by atoms with van der Waals surface area (Å²) >= 11 is 0. The van der Waals surface area contributed by atoms with E-state index < -0.39 is 0 Å². The first-order valence-corrected chi connectivity index (χ1v) is 12.2. The van der Waals surface area contributed by atoms with Crippen LogP contribution in [0.4, 0.5) is 5.69 Å². The number of nitrogens with zero attached hydrogens (tertiary/aromatic N) is 2. The Kier molecular flexibility index (Phi) is 4.85. The Morgan fingerprint density at radius 2 is 1.31 bits per heavy atom. The molecule has 5 aromatic carbocycles. The lowest BCUT2D eigenvalue weighted by atomic mass is 9.91. The van der Waals surface area contributed by atoms with Gasteiger partial charge in [0.05, 0.1) is 11.4 Å². The lowest BCUT2D eigenvalue weighted by Gasteiger charge is -2.28. The molecule has 0 amide bonds. The molecule has 0 fully saturated rings. The van der Waals surface area contributed by atoms with E-state index in [1.807, 2.05) is 12.3 Å². The highest BCUT2D eigenvalue weighted by molar-refractivity contribution is 6.24. The quantitative estimate of drug-likeness (QED) is 0.290. The van der Waals surface area contributed by atoms with E-state index in [2.05, 4.69) is 119 Å². The molecule has 1 N–H and O–H groups in total. The molecule has 7 rings (SSSR count). The summed E-state index contributed by atoms with van der Waals surface area (Å²) in [5, 5.41) is 8.62. The second-order valence-electron chi connectivity index (χ2n) is 9.12. The molecule has 2 heterocycles. The summed E-state index contributed by atoms with van der Waals surface area (Å²) in [6.45, 7) is 0. The molecule has 0 spiro atoms. The van der Waals surface area contributed by atoms with Gasteiger partial charge in [0, 0.05) is 28.9 Å². The number of rotatable bonds is 3. The minimum atomic E-state index is -0.194. The summed E-state index contributed by atoms with van der Waals surface area (Å²) in [7, 11) is 0. The maximum atomic E-state index is 5.32. The zero-order valence-electron chi connectivity index (χ0n) is 19.6. The third-order valence-corrected chi connectivity index (χ3v) is 6.99. The summed E-state index contributed by atoms with van der Waals surface area (Å²) in [5.74, 6) is 0. The average Bonchev–Trinajstić information content (AvgIpc) is 2.97. The van der Waals surface area contributed by atoms with Crippen LogP contribution in [0.3, 0.4) is 0 Å². The molecular formula is C33H23N3. The second kappa shape index (κ2) is 8.47. The van der Waals surface area contributed by atoms with Crippen molar-refractivity contribution < 1.29 is 0 Å². The van der Waals surface area contributed by atoms with Crippen molar-refractivity contribution >= 4 is 32.9 Å². The van der Waals surface area contributed by atoms with Gasteiger partial charge in [0.1, 0.15) is 6.17 Å². The zero-order chi connectivity index (χ0) is 23.9. The van der Waals surface area contributed by atoms with Gasteiger partial charge in [0.2, 0.25) is 0 Å². The summed E-state index contributed by atoms with van der Waals surface area (Å²) in [5.41, 5.74) is 7.82. The highest BCUT2D eigenvalue weighted by Gasteiger charge is 2.25. The molecule has 1 unspecified atom stereocenters. The molecule has 1 aliphatic heterocycles. The topological polar surface area (TPSA) is 37.3 Å². The molecule has 1 aromatic heterocycles. The fourth-order valence-corrected chi connectivity index (χ4v) is 5.19. The van der Waals surface area contributed by atoms with Gasteiger partial charge in [-0.25, -0.2) is 0 Å². The maximum absolute atomic E-state index is 5.32. The van der Waals surface area contributed by atoms with E-state index in [1.165, 1.54) is 21.5 Å². The zero-order valence-corrected chi connectivity index (χ0v) is 19.6. The summed E-state index contributed by atoms with van der Waals surface area (Å²) < 4.78 is 0. The van der Waals surface area contributed by atoms with E-state index >= 15 is 0 Å². The Morgan fingerprint density at radius 1 is 0.556 bits per heavy atom. The van der Waals surface area contributed by atoms with E-state index in [0.717, 1.165) is 39.2 Å². The molecule has 0 saturated heterocycles. The van der Waals surface area contributed by atoms with Gasteiger partial charge in [-0.05, 0) is 38.9 Å². The van der Waals surface area contributed by atoms with Crippen LogP contribution in [0.15, 0.2) is 133 Å². The molecule has 3 heteroatoms. The monoisotopic (exact) mass is 461 g/mol. The molecule has 0 bridgehead atoms. The van der Waals surface area contributed by atoms with Crippen LogP contribution < -0.4 is 5.32 Å². The number of benzene rings is 5. The predicted molar refractivity (Wildman–Crippen MR) is 150 cm³/mol. The van der Waals surface area contributed by atoms with Crippen molar-refractivity contribution in [1.82, 2.24) is 4.98 Å². The number of hydrogen-bond donors (Lipinski definition) is 1. The number of nitrogens with one attached hydrogen (secondary N) is 1. The molecule has 1 aliphatic rings. The van der Waals surface area contributed by atoms with Gasteiger partial charge in [0.25, 0.3) is 0 Å². The largest absolute Gasteiger partial charge is 0.359 e. The number of aliphatic imine (C=N–C) groups is 1. The minimum absolute atomic E-state index is 0.194. The number of fused-ring (bicyclic) bond motifs is 4. The fraction of sp³-hybridized carbons (Fsp3) is 0.0303. The van der Waals surface area contributed by atoms with Gasteiger partial charge in [0.15, 0.2) is 0 Å². The van der Waals surface area contributed by atoms with Crippen LogP contribution in [-0.4, -0.2) is 10.7 Å². The standard InChI is InChI=1S/C33H23N3/c1-3-11-27-23(7-1)9-5-13-29(27)32-30-19-18-24-8-2-4-12-28(24)31(30)35-33(36-32)25-16-14-22(15-17-25)26-10-6-20-34-21-26/h1-21,33,35H. The third kappa shape index (κ3) is 3.45. The second-order valence-corrected chi connectivity index (χ2v) is 9.12. The Labute approximate surface area is 209 Å². The molecule has 6 aromatic rings. The molecular weight excluding hydrogens is 438 g/mol. The highest BCUT2D eigenvalue weighted by Crippen LogP contribution is 2.38. The first kappa shape index (κ1) is 20.6. The van der Waals surface area contributed by atoms with Crippen molar-refractivity contribution in [2.75, 3.05) is 5.32 Å². The van der Waals surface area contributed by atoms with E-state index in [9.17, 15) is 0 Å². The summed E-state index contributed by atoms with van der Waals surface area (Å²) in [4.78, 5) is 9.58. The summed E-state index contributed by atoms with van der Waals surface area (Å²) in [6, 6.07) is 40.6. The molecule has 1 atom stereocenters. The van der Waals surface area contributed by atoms with Gasteiger partial charge in [-0.3, -0.25) is 9.98 Å². The van der Waals surface area contributed by atoms with Crippen molar-refractivity contribution in [1.29, 1.82) is 0 Å². The van der Waals surface area contributed by atoms with E-state index in [0.29, 0.717) is 0 Å². The van der Waals surface area contributed by atoms with E-state index in [-0.39, 0.29) is 6.17 Å². The number of hydrogen-bond acceptors (Lipinski definition) is 3. The Bertz CT molecular complexity index is 1750. The average molecular weight is 462 g/mol. The minimum Gasteiger partial charge on any atom is -0.359 e. The van der Waals surface area contributed by atoms with Crippen molar-refractivity contribution in [2.45, 2.75) is 6.17 Å². The van der Waals surface area contributed by atoms with E-state index in [1.54, 1.807) is 6.20 Å². The number of pyridine rings is 1. The molecule has 0 aliphatic carbocycles. The first-order chi connectivity index (χ1) is 17.8. The summed E-state index contributed by atoms with van der Waals surface area (Å²) in [6.07, 6.45) is 3.50. The van der Waals surface area contributed by atoms with Crippen LogP contribution >= 0.6 is 0 Å². The van der Waals surface area contributed by atoms with Crippen LogP contribution in [0.25, 0.3) is 32.7 Å². The molecule has 3 nitrogen and oxygen atoms in total. The molecule has 36 heavy (non-hydrogen) atoms. The van der Waals surface area contributed by atoms with Crippen LogP contribution in [0.5, 0.6) is 0 Å². The van der Waals surface area contributed by atoms with Crippen LogP contribution in [0, 0.1) is 0 Å². The van der Waals surface area contributed by atoms with Gasteiger partial charge in [-0.1, -0.05) is 109 Å². The Balaban J connectivity index is 1.41. The lowest BCUT2D eigenvalue weighted by Crippen LogP contribution is -2.21. The van der Waals surface area contributed by atoms with Gasteiger partial charge in [-0.2, -0.15) is 0 Å². The predicted octanol–water partition coefficient (Wildman–Crippen LogP) is 8.02.